The highest BCUT2D eigenvalue weighted by Crippen LogP contribution is 2.20. The molecule has 2 N–H and O–H groups in total. The third-order valence-electron chi connectivity index (χ3n) is 2.65. The second-order valence-corrected chi connectivity index (χ2v) is 4.23. The molecule has 0 saturated heterocycles. The number of para-hydroxylation sites is 1. The average Bonchev–Trinajstić information content (AvgIpc) is 2.54. The van der Waals surface area contributed by atoms with E-state index in [2.05, 4.69) is 32.4 Å². The number of nitrogens with one attached hydrogen (secondary N) is 2. The quantitative estimate of drug-likeness (QED) is 0.599. The summed E-state index contributed by atoms with van der Waals surface area (Å²) in [6.45, 7) is 6.22. The van der Waals surface area contributed by atoms with Gasteiger partial charge in [0.15, 0.2) is 5.82 Å². The Kier molecular flexibility index (Phi) is 5.42. The lowest BCUT2D eigenvalue weighted by molar-refractivity contribution is 0.0527. The Morgan fingerprint density at radius 1 is 1.41 bits per heavy atom. The van der Waals surface area contributed by atoms with Crippen molar-refractivity contribution in [1.29, 1.82) is 0 Å². The number of carbonyl (C=O) groups excluding carboxylic acids is 1. The van der Waals surface area contributed by atoms with Crippen LogP contribution in [-0.4, -0.2) is 34.3 Å². The van der Waals surface area contributed by atoms with Crippen LogP contribution in [0.3, 0.4) is 0 Å². The molecule has 0 atom stereocenters. The minimum Gasteiger partial charge on any atom is -0.462 e. The fraction of sp³-hybridized carbons (Fsp3) is 0.200. The van der Waals surface area contributed by atoms with Crippen molar-refractivity contribution < 1.29 is 9.53 Å². The standard InChI is InChI=1S/C15H17N5O2/c1-3-9-16-15-19-13(10-17-20-15)18-12-8-6-5-7-11(12)14(21)22-4-2/h3,5-8,10H,1,4,9H2,2H3,(H2,16,18,19,20). The van der Waals surface area contributed by atoms with Crippen molar-refractivity contribution in [3.05, 3.63) is 48.7 Å². The van der Waals surface area contributed by atoms with Gasteiger partial charge >= 0.3 is 5.97 Å². The number of rotatable bonds is 7. The van der Waals surface area contributed by atoms with E-state index in [-0.39, 0.29) is 0 Å². The van der Waals surface area contributed by atoms with Gasteiger partial charge in [0.2, 0.25) is 5.95 Å². The summed E-state index contributed by atoms with van der Waals surface area (Å²) in [5, 5.41) is 13.7. The Labute approximate surface area is 128 Å². The number of carbonyl (C=O) groups is 1. The maximum atomic E-state index is 11.9. The fourth-order valence-electron chi connectivity index (χ4n) is 1.72. The van der Waals surface area contributed by atoms with Crippen LogP contribution in [0.2, 0.25) is 0 Å². The Bertz CT molecular complexity index is 660. The third kappa shape index (κ3) is 4.02. The highest BCUT2D eigenvalue weighted by atomic mass is 16.5. The maximum absolute atomic E-state index is 11.9. The Morgan fingerprint density at radius 3 is 3.00 bits per heavy atom. The van der Waals surface area contributed by atoms with Gasteiger partial charge in [0, 0.05) is 6.54 Å². The van der Waals surface area contributed by atoms with E-state index in [4.69, 9.17) is 4.74 Å². The first kappa shape index (κ1) is 15.4. The Morgan fingerprint density at radius 2 is 2.23 bits per heavy atom. The topological polar surface area (TPSA) is 89.0 Å². The van der Waals surface area contributed by atoms with Gasteiger partial charge in [-0.05, 0) is 19.1 Å². The van der Waals surface area contributed by atoms with E-state index >= 15 is 0 Å². The van der Waals surface area contributed by atoms with Gasteiger partial charge in [-0.2, -0.15) is 10.1 Å². The molecule has 1 aromatic carbocycles. The second-order valence-electron chi connectivity index (χ2n) is 4.23. The molecule has 0 aliphatic heterocycles. The van der Waals surface area contributed by atoms with Crippen molar-refractivity contribution in [1.82, 2.24) is 15.2 Å². The van der Waals surface area contributed by atoms with Gasteiger partial charge in [-0.3, -0.25) is 0 Å². The number of benzene rings is 1. The number of hydrogen-bond acceptors (Lipinski definition) is 7. The van der Waals surface area contributed by atoms with E-state index in [0.29, 0.717) is 36.2 Å². The summed E-state index contributed by atoms with van der Waals surface area (Å²) in [6.07, 6.45) is 3.17. The minimum atomic E-state index is -0.391. The lowest BCUT2D eigenvalue weighted by Crippen LogP contribution is -2.09. The van der Waals surface area contributed by atoms with Gasteiger partial charge in [-0.25, -0.2) is 4.79 Å². The van der Waals surface area contributed by atoms with Crippen LogP contribution >= 0.6 is 0 Å². The van der Waals surface area contributed by atoms with E-state index in [1.54, 1.807) is 31.2 Å². The molecule has 1 aromatic heterocycles. The fourth-order valence-corrected chi connectivity index (χ4v) is 1.72. The zero-order valence-corrected chi connectivity index (χ0v) is 12.2. The molecule has 7 heteroatoms. The van der Waals surface area contributed by atoms with Crippen LogP contribution in [0.4, 0.5) is 17.5 Å². The number of hydrogen-bond donors (Lipinski definition) is 2. The molecular formula is C15H17N5O2. The van der Waals surface area contributed by atoms with Crippen LogP contribution in [0.1, 0.15) is 17.3 Å². The highest BCUT2D eigenvalue weighted by Gasteiger charge is 2.12. The summed E-state index contributed by atoms with van der Waals surface area (Å²) < 4.78 is 5.03. The van der Waals surface area contributed by atoms with Crippen molar-refractivity contribution >= 4 is 23.4 Å². The van der Waals surface area contributed by atoms with Crippen LogP contribution in [0.5, 0.6) is 0 Å². The van der Waals surface area contributed by atoms with E-state index < -0.39 is 5.97 Å². The Hall–Kier alpha value is -2.96. The van der Waals surface area contributed by atoms with Gasteiger partial charge in [-0.1, -0.05) is 18.2 Å². The number of esters is 1. The van der Waals surface area contributed by atoms with Gasteiger partial charge in [0.1, 0.15) is 0 Å². The first-order valence-electron chi connectivity index (χ1n) is 6.82. The van der Waals surface area contributed by atoms with Crippen LogP contribution in [0, 0.1) is 0 Å². The van der Waals surface area contributed by atoms with Crippen LogP contribution in [0.15, 0.2) is 43.1 Å². The number of anilines is 3. The summed E-state index contributed by atoms with van der Waals surface area (Å²) >= 11 is 0. The zero-order valence-electron chi connectivity index (χ0n) is 12.2. The number of aromatic nitrogens is 3. The molecule has 0 radical (unpaired) electrons. The smallest absolute Gasteiger partial charge is 0.340 e. The largest absolute Gasteiger partial charge is 0.462 e. The highest BCUT2D eigenvalue weighted by molar-refractivity contribution is 5.96. The zero-order chi connectivity index (χ0) is 15.8. The molecule has 114 valence electrons. The van der Waals surface area contributed by atoms with Crippen LogP contribution < -0.4 is 10.6 Å². The molecule has 1 heterocycles. The molecule has 0 aliphatic rings. The SMILES string of the molecule is C=CCNc1nncc(Nc2ccccc2C(=O)OCC)n1. The van der Waals surface area contributed by atoms with Gasteiger partial charge in [0.25, 0.3) is 0 Å². The first-order chi connectivity index (χ1) is 10.7. The number of nitrogens with zero attached hydrogens (tertiary/aromatic N) is 3. The minimum absolute atomic E-state index is 0.317. The first-order valence-corrected chi connectivity index (χ1v) is 6.82. The van der Waals surface area contributed by atoms with E-state index in [1.165, 1.54) is 6.20 Å². The third-order valence-corrected chi connectivity index (χ3v) is 2.65. The molecule has 22 heavy (non-hydrogen) atoms. The van der Waals surface area contributed by atoms with Crippen molar-refractivity contribution in [2.45, 2.75) is 6.92 Å². The van der Waals surface area contributed by atoms with Crippen molar-refractivity contribution in [3.8, 4) is 0 Å². The molecule has 2 aromatic rings. The molecule has 0 unspecified atom stereocenters. The molecule has 0 bridgehead atoms. The maximum Gasteiger partial charge on any atom is 0.340 e. The van der Waals surface area contributed by atoms with Crippen LogP contribution in [0.25, 0.3) is 0 Å². The van der Waals surface area contributed by atoms with Crippen molar-refractivity contribution in [2.75, 3.05) is 23.8 Å². The average molecular weight is 299 g/mol. The summed E-state index contributed by atoms with van der Waals surface area (Å²) in [7, 11) is 0. The molecule has 7 nitrogen and oxygen atoms in total. The van der Waals surface area contributed by atoms with Crippen LogP contribution in [-0.2, 0) is 4.74 Å². The summed E-state index contributed by atoms with van der Waals surface area (Å²) in [5.41, 5.74) is 1.03. The number of ether oxygens (including phenoxy) is 1. The predicted octanol–water partition coefficient (Wildman–Crippen LogP) is 2.39. The lowest BCUT2D eigenvalue weighted by Gasteiger charge is -2.10. The summed E-state index contributed by atoms with van der Waals surface area (Å²) in [4.78, 5) is 16.2. The van der Waals surface area contributed by atoms with E-state index in [9.17, 15) is 4.79 Å². The lowest BCUT2D eigenvalue weighted by atomic mass is 10.2. The van der Waals surface area contributed by atoms with Crippen molar-refractivity contribution in [3.63, 3.8) is 0 Å². The summed E-state index contributed by atoms with van der Waals surface area (Å²) in [6, 6.07) is 7.04. The Balaban J connectivity index is 2.20. The van der Waals surface area contributed by atoms with Gasteiger partial charge in [0.05, 0.1) is 24.1 Å². The molecular weight excluding hydrogens is 282 g/mol. The molecule has 0 amide bonds. The predicted molar refractivity (Wildman–Crippen MR) is 84.2 cm³/mol. The molecule has 0 saturated carbocycles. The second kappa shape index (κ2) is 7.72. The molecule has 0 spiro atoms. The summed E-state index contributed by atoms with van der Waals surface area (Å²) in [5.74, 6) is 0.453. The van der Waals surface area contributed by atoms with E-state index in [0.717, 1.165) is 0 Å². The molecule has 0 fully saturated rings. The van der Waals surface area contributed by atoms with Gasteiger partial charge < -0.3 is 15.4 Å². The molecule has 0 aliphatic carbocycles. The van der Waals surface area contributed by atoms with Gasteiger partial charge in [-0.15, -0.1) is 11.7 Å². The normalized spacial score (nSPS) is 9.86. The van der Waals surface area contributed by atoms with Crippen molar-refractivity contribution in [2.24, 2.45) is 0 Å². The molecule has 2 rings (SSSR count). The monoisotopic (exact) mass is 299 g/mol. The van der Waals surface area contributed by atoms with E-state index in [1.807, 2.05) is 6.07 Å².